The molecule has 0 aromatic heterocycles. The van der Waals surface area contributed by atoms with Crippen LogP contribution in [0.5, 0.6) is 5.75 Å². The van der Waals surface area contributed by atoms with Gasteiger partial charge in [-0.25, -0.2) is 0 Å². The van der Waals surface area contributed by atoms with Crippen molar-refractivity contribution in [3.63, 3.8) is 0 Å². The maximum Gasteiger partial charge on any atom is 0.311 e. The van der Waals surface area contributed by atoms with Crippen LogP contribution in [0.4, 0.5) is 0 Å². The first-order chi connectivity index (χ1) is 9.90. The number of hydrogen-bond donors (Lipinski definition) is 0. The van der Waals surface area contributed by atoms with E-state index in [1.54, 1.807) is 6.07 Å². The highest BCUT2D eigenvalue weighted by atomic mass is 16.5. The zero-order chi connectivity index (χ0) is 15.8. The van der Waals surface area contributed by atoms with E-state index in [4.69, 9.17) is 9.47 Å². The van der Waals surface area contributed by atoms with Crippen LogP contribution in [0.25, 0.3) is 0 Å². The van der Waals surface area contributed by atoms with Crippen LogP contribution in [0.2, 0.25) is 0 Å². The second-order valence-electron chi connectivity index (χ2n) is 5.53. The molecule has 0 heterocycles. The maximum atomic E-state index is 11.7. The zero-order valence-corrected chi connectivity index (χ0v) is 13.2. The monoisotopic (exact) mass is 292 g/mol. The second kappa shape index (κ2) is 8.45. The van der Waals surface area contributed by atoms with Gasteiger partial charge in [-0.3, -0.25) is 9.59 Å². The van der Waals surface area contributed by atoms with Crippen LogP contribution in [0.3, 0.4) is 0 Å². The van der Waals surface area contributed by atoms with Crippen LogP contribution in [0, 0.1) is 12.8 Å². The number of carbonyl (C=O) groups is 2. The van der Waals surface area contributed by atoms with Crippen LogP contribution in [-0.2, 0) is 14.3 Å². The van der Waals surface area contributed by atoms with E-state index in [-0.39, 0.29) is 30.9 Å². The molecule has 0 aliphatic heterocycles. The summed E-state index contributed by atoms with van der Waals surface area (Å²) < 4.78 is 10.5. The van der Waals surface area contributed by atoms with Crippen LogP contribution in [0.15, 0.2) is 24.3 Å². The highest BCUT2D eigenvalue weighted by Gasteiger charge is 2.14. The number of aryl methyl sites for hydroxylation is 1. The number of esters is 2. The number of benzene rings is 1. The fraction of sp³-hybridized carbons (Fsp3) is 0.529. The molecule has 0 saturated heterocycles. The SMILES string of the molecule is Cc1ccccc1OC(=O)CCCC(=O)OC(C)C(C)C. The van der Waals surface area contributed by atoms with E-state index >= 15 is 0 Å². The molecule has 1 aromatic carbocycles. The number of para-hydroxylation sites is 1. The number of carbonyl (C=O) groups excluding carboxylic acids is 2. The Hall–Kier alpha value is -1.84. The highest BCUT2D eigenvalue weighted by molar-refractivity contribution is 5.74. The van der Waals surface area contributed by atoms with Crippen molar-refractivity contribution >= 4 is 11.9 Å². The molecule has 0 radical (unpaired) electrons. The van der Waals surface area contributed by atoms with Crippen LogP contribution in [-0.4, -0.2) is 18.0 Å². The average Bonchev–Trinajstić information content (AvgIpc) is 2.41. The first-order valence-corrected chi connectivity index (χ1v) is 7.36. The van der Waals surface area contributed by atoms with Gasteiger partial charge < -0.3 is 9.47 Å². The minimum absolute atomic E-state index is 0.101. The van der Waals surface area contributed by atoms with E-state index in [0.717, 1.165) is 5.56 Å². The average molecular weight is 292 g/mol. The molecule has 0 spiro atoms. The molecule has 0 bridgehead atoms. The zero-order valence-electron chi connectivity index (χ0n) is 13.2. The Kier molecular flexibility index (Phi) is 6.92. The van der Waals surface area contributed by atoms with Crippen molar-refractivity contribution in [2.24, 2.45) is 5.92 Å². The van der Waals surface area contributed by atoms with E-state index in [9.17, 15) is 9.59 Å². The summed E-state index contributed by atoms with van der Waals surface area (Å²) in [7, 11) is 0. The lowest BCUT2D eigenvalue weighted by Crippen LogP contribution is -2.20. The lowest BCUT2D eigenvalue weighted by Gasteiger charge is -2.16. The lowest BCUT2D eigenvalue weighted by atomic mass is 10.1. The summed E-state index contributed by atoms with van der Waals surface area (Å²) in [6.07, 6.45) is 0.782. The molecule has 0 aliphatic carbocycles. The van der Waals surface area contributed by atoms with Gasteiger partial charge in [0.05, 0.1) is 0 Å². The molecule has 0 N–H and O–H groups in total. The van der Waals surface area contributed by atoms with Gasteiger partial charge in [0.15, 0.2) is 0 Å². The number of ether oxygens (including phenoxy) is 2. The Morgan fingerprint density at radius 2 is 1.67 bits per heavy atom. The van der Waals surface area contributed by atoms with Crippen molar-refractivity contribution in [2.75, 3.05) is 0 Å². The first kappa shape index (κ1) is 17.2. The van der Waals surface area contributed by atoms with Crippen molar-refractivity contribution in [3.05, 3.63) is 29.8 Å². The van der Waals surface area contributed by atoms with Crippen LogP contribution < -0.4 is 4.74 Å². The summed E-state index contributed by atoms with van der Waals surface area (Å²) in [6.45, 7) is 7.75. The predicted molar refractivity (Wildman–Crippen MR) is 81.1 cm³/mol. The van der Waals surface area contributed by atoms with Crippen molar-refractivity contribution in [1.29, 1.82) is 0 Å². The Labute approximate surface area is 126 Å². The third-order valence-corrected chi connectivity index (χ3v) is 3.34. The Bertz CT molecular complexity index is 479. The van der Waals surface area contributed by atoms with Crippen molar-refractivity contribution in [3.8, 4) is 5.75 Å². The van der Waals surface area contributed by atoms with Gasteiger partial charge in [-0.2, -0.15) is 0 Å². The summed E-state index contributed by atoms with van der Waals surface area (Å²) in [5.41, 5.74) is 0.913. The third kappa shape index (κ3) is 6.43. The first-order valence-electron chi connectivity index (χ1n) is 7.36. The smallest absolute Gasteiger partial charge is 0.311 e. The molecular formula is C17H24O4. The molecule has 0 fully saturated rings. The van der Waals surface area contributed by atoms with Gasteiger partial charge in [0.2, 0.25) is 0 Å². The molecule has 0 aliphatic rings. The van der Waals surface area contributed by atoms with Crippen molar-refractivity contribution < 1.29 is 19.1 Å². The van der Waals surface area contributed by atoms with E-state index in [1.807, 2.05) is 45.9 Å². The number of rotatable bonds is 7. The summed E-state index contributed by atoms with van der Waals surface area (Å²) in [5, 5.41) is 0. The molecule has 1 unspecified atom stereocenters. The van der Waals surface area contributed by atoms with Gasteiger partial charge in [-0.15, -0.1) is 0 Å². The molecule has 1 rings (SSSR count). The third-order valence-electron chi connectivity index (χ3n) is 3.34. The summed E-state index contributed by atoms with van der Waals surface area (Å²) in [5.74, 6) is 0.271. The van der Waals surface area contributed by atoms with Crippen LogP contribution in [0.1, 0.15) is 45.6 Å². The normalized spacial score (nSPS) is 12.0. The molecule has 4 nitrogen and oxygen atoms in total. The lowest BCUT2D eigenvalue weighted by molar-refractivity contribution is -0.150. The molecule has 0 amide bonds. The highest BCUT2D eigenvalue weighted by Crippen LogP contribution is 2.17. The second-order valence-corrected chi connectivity index (χ2v) is 5.53. The predicted octanol–water partition coefficient (Wildman–Crippen LogP) is 3.66. The van der Waals surface area contributed by atoms with E-state index < -0.39 is 0 Å². The van der Waals surface area contributed by atoms with Gasteiger partial charge in [-0.05, 0) is 37.8 Å². The number of hydrogen-bond acceptors (Lipinski definition) is 4. The maximum absolute atomic E-state index is 11.7. The van der Waals surface area contributed by atoms with Crippen molar-refractivity contribution in [2.45, 2.75) is 53.1 Å². The molecule has 1 atom stereocenters. The fourth-order valence-electron chi connectivity index (χ4n) is 1.62. The molecule has 0 saturated carbocycles. The topological polar surface area (TPSA) is 52.6 Å². The summed E-state index contributed by atoms with van der Waals surface area (Å²) in [6, 6.07) is 7.35. The van der Waals surface area contributed by atoms with E-state index in [2.05, 4.69) is 0 Å². The van der Waals surface area contributed by atoms with E-state index in [0.29, 0.717) is 18.1 Å². The molecule has 1 aromatic rings. The minimum Gasteiger partial charge on any atom is -0.462 e. The van der Waals surface area contributed by atoms with Gasteiger partial charge >= 0.3 is 11.9 Å². The molecule has 4 heteroatoms. The Morgan fingerprint density at radius 3 is 2.29 bits per heavy atom. The quantitative estimate of drug-likeness (QED) is 0.568. The largest absolute Gasteiger partial charge is 0.462 e. The Balaban J connectivity index is 2.28. The standard InChI is InChI=1S/C17H24O4/c1-12(2)14(4)20-16(18)10-7-11-17(19)21-15-9-6-5-8-13(15)3/h5-6,8-9,12,14H,7,10-11H2,1-4H3. The van der Waals surface area contributed by atoms with Crippen LogP contribution >= 0.6 is 0 Å². The molecular weight excluding hydrogens is 268 g/mol. The summed E-state index contributed by atoms with van der Waals surface area (Å²) >= 11 is 0. The minimum atomic E-state index is -0.325. The summed E-state index contributed by atoms with van der Waals surface area (Å²) in [4.78, 5) is 23.3. The molecule has 116 valence electrons. The van der Waals surface area contributed by atoms with Gasteiger partial charge in [0.1, 0.15) is 11.9 Å². The van der Waals surface area contributed by atoms with Gasteiger partial charge in [0, 0.05) is 12.8 Å². The van der Waals surface area contributed by atoms with E-state index in [1.165, 1.54) is 0 Å². The van der Waals surface area contributed by atoms with Crippen molar-refractivity contribution in [1.82, 2.24) is 0 Å². The van der Waals surface area contributed by atoms with Gasteiger partial charge in [0.25, 0.3) is 0 Å². The fourth-order valence-corrected chi connectivity index (χ4v) is 1.62. The molecule has 21 heavy (non-hydrogen) atoms. The van der Waals surface area contributed by atoms with Gasteiger partial charge in [-0.1, -0.05) is 32.0 Å². The Morgan fingerprint density at radius 1 is 1.05 bits per heavy atom.